The van der Waals surface area contributed by atoms with Crippen LogP contribution in [0.15, 0.2) is 54.9 Å². The Balaban J connectivity index is 1.63. The zero-order valence-electron chi connectivity index (χ0n) is 14.5. The van der Waals surface area contributed by atoms with E-state index in [4.69, 9.17) is 26.3 Å². The van der Waals surface area contributed by atoms with Crippen molar-refractivity contribution in [3.05, 3.63) is 71.3 Å². The lowest BCUT2D eigenvalue weighted by molar-refractivity contribution is 0.143. The number of imidazole rings is 1. The van der Waals surface area contributed by atoms with E-state index >= 15 is 0 Å². The summed E-state index contributed by atoms with van der Waals surface area (Å²) in [5.41, 5.74) is 1.49. The standard InChI is InChI=1S/C20H18ClN3O2/c1-14(13-25-20-7-6-16(12-22)10-19(20)21)26-18-5-3-4-17(11-18)24-9-8-23-15(24)2/h3-11,14H,13H2,1-2H3/t14-/m1/s1. The predicted molar refractivity (Wildman–Crippen MR) is 100 cm³/mol. The Bertz CT molecular complexity index is 946. The Morgan fingerprint density at radius 2 is 2.12 bits per heavy atom. The molecule has 1 atom stereocenters. The van der Waals surface area contributed by atoms with Crippen molar-refractivity contribution in [3.63, 3.8) is 0 Å². The fourth-order valence-electron chi connectivity index (χ4n) is 2.52. The Labute approximate surface area is 157 Å². The number of hydrogen-bond acceptors (Lipinski definition) is 4. The first-order valence-electron chi connectivity index (χ1n) is 8.16. The largest absolute Gasteiger partial charge is 0.488 e. The zero-order valence-corrected chi connectivity index (χ0v) is 15.3. The Morgan fingerprint density at radius 1 is 1.27 bits per heavy atom. The molecule has 26 heavy (non-hydrogen) atoms. The summed E-state index contributed by atoms with van der Waals surface area (Å²) in [6, 6.07) is 14.8. The Hall–Kier alpha value is -2.97. The third kappa shape index (κ3) is 4.16. The van der Waals surface area contributed by atoms with E-state index in [1.807, 2.05) is 54.9 Å². The van der Waals surface area contributed by atoms with E-state index in [1.165, 1.54) is 0 Å². The van der Waals surface area contributed by atoms with Crippen molar-refractivity contribution in [2.24, 2.45) is 0 Å². The molecule has 1 heterocycles. The van der Waals surface area contributed by atoms with Crippen LogP contribution in [0.5, 0.6) is 11.5 Å². The summed E-state index contributed by atoms with van der Waals surface area (Å²) in [5, 5.41) is 9.28. The average Bonchev–Trinajstić information content (AvgIpc) is 3.07. The maximum absolute atomic E-state index is 8.87. The molecule has 0 unspecified atom stereocenters. The predicted octanol–water partition coefficient (Wildman–Crippen LogP) is 4.55. The number of rotatable bonds is 6. The van der Waals surface area contributed by atoms with Gasteiger partial charge >= 0.3 is 0 Å². The van der Waals surface area contributed by atoms with Gasteiger partial charge in [-0.1, -0.05) is 17.7 Å². The van der Waals surface area contributed by atoms with E-state index in [2.05, 4.69) is 4.98 Å². The fraction of sp³-hybridized carbons (Fsp3) is 0.200. The lowest BCUT2D eigenvalue weighted by Crippen LogP contribution is -2.21. The summed E-state index contributed by atoms with van der Waals surface area (Å²) in [7, 11) is 0. The van der Waals surface area contributed by atoms with Crippen LogP contribution in [0.2, 0.25) is 5.02 Å². The van der Waals surface area contributed by atoms with Gasteiger partial charge in [-0.2, -0.15) is 5.26 Å². The van der Waals surface area contributed by atoms with Crippen LogP contribution >= 0.6 is 11.6 Å². The summed E-state index contributed by atoms with van der Waals surface area (Å²) in [6.07, 6.45) is 3.50. The first-order chi connectivity index (χ1) is 12.6. The maximum Gasteiger partial charge on any atom is 0.138 e. The Kier molecular flexibility index (Phi) is 5.45. The minimum Gasteiger partial charge on any atom is -0.488 e. The highest BCUT2D eigenvalue weighted by molar-refractivity contribution is 6.32. The number of hydrogen-bond donors (Lipinski definition) is 0. The molecule has 6 heteroatoms. The van der Waals surface area contributed by atoms with Crippen molar-refractivity contribution in [2.45, 2.75) is 20.0 Å². The van der Waals surface area contributed by atoms with Gasteiger partial charge in [-0.25, -0.2) is 4.98 Å². The lowest BCUT2D eigenvalue weighted by atomic mass is 10.2. The second-order valence-corrected chi connectivity index (χ2v) is 6.25. The summed E-state index contributed by atoms with van der Waals surface area (Å²) in [6.45, 7) is 4.21. The minimum absolute atomic E-state index is 0.180. The quantitative estimate of drug-likeness (QED) is 0.641. The van der Waals surface area contributed by atoms with Crippen molar-refractivity contribution in [1.29, 1.82) is 5.26 Å². The van der Waals surface area contributed by atoms with Crippen LogP contribution < -0.4 is 9.47 Å². The molecule has 0 aliphatic carbocycles. The average molecular weight is 368 g/mol. The highest BCUT2D eigenvalue weighted by atomic mass is 35.5. The molecule has 0 N–H and O–H groups in total. The zero-order chi connectivity index (χ0) is 18.5. The second kappa shape index (κ2) is 7.94. The van der Waals surface area contributed by atoms with E-state index < -0.39 is 0 Å². The molecule has 3 aromatic rings. The fourth-order valence-corrected chi connectivity index (χ4v) is 2.75. The molecule has 0 fully saturated rings. The molecule has 0 bridgehead atoms. The summed E-state index contributed by atoms with van der Waals surface area (Å²) in [4.78, 5) is 4.24. The van der Waals surface area contributed by atoms with Gasteiger partial charge in [0.25, 0.3) is 0 Å². The first-order valence-corrected chi connectivity index (χ1v) is 8.54. The number of ether oxygens (including phenoxy) is 2. The van der Waals surface area contributed by atoms with E-state index in [9.17, 15) is 0 Å². The SMILES string of the molecule is Cc1nccn1-c1cccc(O[C@H](C)COc2ccc(C#N)cc2Cl)c1. The minimum atomic E-state index is -0.180. The van der Waals surface area contributed by atoms with Gasteiger partial charge in [-0.05, 0) is 44.2 Å². The number of nitrogens with zero attached hydrogens (tertiary/aromatic N) is 3. The van der Waals surface area contributed by atoms with Gasteiger partial charge in [0.15, 0.2) is 0 Å². The van der Waals surface area contributed by atoms with Crippen LogP contribution in [-0.2, 0) is 0 Å². The molecule has 0 saturated carbocycles. The summed E-state index contributed by atoms with van der Waals surface area (Å²) >= 11 is 6.12. The number of halogens is 1. The van der Waals surface area contributed by atoms with E-state index in [1.54, 1.807) is 24.4 Å². The molecule has 5 nitrogen and oxygen atoms in total. The second-order valence-electron chi connectivity index (χ2n) is 5.84. The molecule has 0 aliphatic rings. The third-order valence-electron chi connectivity index (χ3n) is 3.79. The number of benzene rings is 2. The number of nitriles is 1. The normalized spacial score (nSPS) is 11.6. The highest BCUT2D eigenvalue weighted by Crippen LogP contribution is 2.26. The van der Waals surface area contributed by atoms with Crippen LogP contribution in [0, 0.1) is 18.3 Å². The van der Waals surface area contributed by atoms with Crippen molar-refractivity contribution in [2.75, 3.05) is 6.61 Å². The third-order valence-corrected chi connectivity index (χ3v) is 4.09. The van der Waals surface area contributed by atoms with Crippen LogP contribution in [0.4, 0.5) is 0 Å². The molecule has 0 amide bonds. The molecule has 0 radical (unpaired) electrons. The molecule has 0 spiro atoms. The molecular weight excluding hydrogens is 350 g/mol. The van der Waals surface area contributed by atoms with Gasteiger partial charge in [0.05, 0.1) is 22.3 Å². The lowest BCUT2D eigenvalue weighted by Gasteiger charge is -2.17. The summed E-state index contributed by atoms with van der Waals surface area (Å²) in [5.74, 6) is 2.19. The van der Waals surface area contributed by atoms with Crippen LogP contribution in [0.1, 0.15) is 18.3 Å². The first kappa shape index (κ1) is 17.8. The molecule has 132 valence electrons. The summed E-state index contributed by atoms with van der Waals surface area (Å²) < 4.78 is 13.6. The molecule has 2 aromatic carbocycles. The van der Waals surface area contributed by atoms with E-state index in [0.717, 1.165) is 17.3 Å². The van der Waals surface area contributed by atoms with Gasteiger partial charge in [0.2, 0.25) is 0 Å². The molecule has 0 aliphatic heterocycles. The van der Waals surface area contributed by atoms with Gasteiger partial charge in [0.1, 0.15) is 30.0 Å². The van der Waals surface area contributed by atoms with Crippen LogP contribution in [0.3, 0.4) is 0 Å². The van der Waals surface area contributed by atoms with Gasteiger partial charge in [0, 0.05) is 18.5 Å². The number of aryl methyl sites for hydroxylation is 1. The van der Waals surface area contributed by atoms with Crippen molar-refractivity contribution < 1.29 is 9.47 Å². The molecule has 3 rings (SSSR count). The van der Waals surface area contributed by atoms with Crippen molar-refractivity contribution in [1.82, 2.24) is 9.55 Å². The van der Waals surface area contributed by atoms with Crippen molar-refractivity contribution >= 4 is 11.6 Å². The topological polar surface area (TPSA) is 60.1 Å². The number of aromatic nitrogens is 2. The van der Waals surface area contributed by atoms with Gasteiger partial charge in [-0.3, -0.25) is 0 Å². The highest BCUT2D eigenvalue weighted by Gasteiger charge is 2.09. The van der Waals surface area contributed by atoms with Crippen LogP contribution in [-0.4, -0.2) is 22.3 Å². The van der Waals surface area contributed by atoms with Gasteiger partial charge in [-0.15, -0.1) is 0 Å². The Morgan fingerprint density at radius 3 is 2.81 bits per heavy atom. The smallest absolute Gasteiger partial charge is 0.138 e. The molecular formula is C20H18ClN3O2. The van der Waals surface area contributed by atoms with Crippen molar-refractivity contribution in [3.8, 4) is 23.3 Å². The monoisotopic (exact) mass is 367 g/mol. The maximum atomic E-state index is 8.87. The molecule has 1 aromatic heterocycles. The van der Waals surface area contributed by atoms with E-state index in [0.29, 0.717) is 22.9 Å². The van der Waals surface area contributed by atoms with Gasteiger partial charge < -0.3 is 14.0 Å². The van der Waals surface area contributed by atoms with E-state index in [-0.39, 0.29) is 6.10 Å². The molecule has 0 saturated heterocycles. The van der Waals surface area contributed by atoms with Crippen LogP contribution in [0.25, 0.3) is 5.69 Å².